The van der Waals surface area contributed by atoms with E-state index >= 15 is 0 Å². The number of aromatic nitrogens is 1. The second-order valence-corrected chi connectivity index (χ2v) is 8.37. The normalized spacial score (nSPS) is 14.2. The number of amides is 1. The number of rotatable bonds is 5. The van der Waals surface area contributed by atoms with Gasteiger partial charge in [0.05, 0.1) is 5.56 Å². The first kappa shape index (κ1) is 21.8. The van der Waals surface area contributed by atoms with Crippen LogP contribution in [-0.4, -0.2) is 42.0 Å². The molecule has 3 aromatic rings. The molecule has 0 saturated carbocycles. The van der Waals surface area contributed by atoms with Crippen LogP contribution in [0.3, 0.4) is 0 Å². The van der Waals surface area contributed by atoms with Crippen LogP contribution in [0.1, 0.15) is 44.1 Å². The van der Waals surface area contributed by atoms with Crippen molar-refractivity contribution in [3.63, 3.8) is 0 Å². The first-order valence-electron chi connectivity index (χ1n) is 11.1. The minimum Gasteiger partial charge on any atom is -0.486 e. The highest BCUT2D eigenvalue weighted by Gasteiger charge is 2.21. The number of benzene rings is 2. The number of esters is 1. The van der Waals surface area contributed by atoms with Crippen LogP contribution in [0.5, 0.6) is 11.5 Å². The highest BCUT2D eigenvalue weighted by Crippen LogP contribution is 2.33. The summed E-state index contributed by atoms with van der Waals surface area (Å²) in [5.41, 5.74) is 4.91. The van der Waals surface area contributed by atoms with Crippen LogP contribution in [0.25, 0.3) is 5.69 Å². The summed E-state index contributed by atoms with van der Waals surface area (Å²) in [6.07, 6.45) is 0.941. The maximum Gasteiger partial charge on any atom is 0.338 e. The van der Waals surface area contributed by atoms with E-state index in [1.54, 1.807) is 24.3 Å². The molecule has 0 atom stereocenters. The molecule has 0 saturated heterocycles. The van der Waals surface area contributed by atoms with Crippen molar-refractivity contribution < 1.29 is 28.6 Å². The largest absolute Gasteiger partial charge is 0.486 e. The maximum atomic E-state index is 12.9. The van der Waals surface area contributed by atoms with E-state index in [1.165, 1.54) is 0 Å². The van der Waals surface area contributed by atoms with Crippen LogP contribution < -0.4 is 14.8 Å². The van der Waals surface area contributed by atoms with Crippen molar-refractivity contribution in [3.8, 4) is 17.2 Å². The summed E-state index contributed by atoms with van der Waals surface area (Å²) < 4.78 is 18.6. The lowest BCUT2D eigenvalue weighted by atomic mass is 10.0. The van der Waals surface area contributed by atoms with Crippen molar-refractivity contribution in [2.75, 3.05) is 25.1 Å². The monoisotopic (exact) mass is 460 g/mol. The van der Waals surface area contributed by atoms with Crippen molar-refractivity contribution in [2.45, 2.75) is 26.7 Å². The molecule has 0 bridgehead atoms. The number of carbonyl (C=O) groups is 3. The molecule has 3 heterocycles. The molecule has 2 aromatic carbocycles. The van der Waals surface area contributed by atoms with Gasteiger partial charge in [0, 0.05) is 40.8 Å². The predicted octanol–water partition coefficient (Wildman–Crippen LogP) is 3.79. The molecule has 1 amide bonds. The van der Waals surface area contributed by atoms with Crippen LogP contribution in [0.2, 0.25) is 0 Å². The summed E-state index contributed by atoms with van der Waals surface area (Å²) in [6.45, 7) is 4.43. The van der Waals surface area contributed by atoms with Crippen molar-refractivity contribution in [2.24, 2.45) is 0 Å². The molecule has 174 valence electrons. The minimum absolute atomic E-state index is 0.0396. The number of carbonyl (C=O) groups excluding carboxylic acids is 3. The highest BCUT2D eigenvalue weighted by atomic mass is 16.6. The number of hydrogen-bond acceptors (Lipinski definition) is 6. The Morgan fingerprint density at radius 3 is 2.62 bits per heavy atom. The summed E-state index contributed by atoms with van der Waals surface area (Å²) in [6, 6.07) is 12.4. The van der Waals surface area contributed by atoms with Gasteiger partial charge in [-0.2, -0.15) is 0 Å². The fourth-order valence-corrected chi connectivity index (χ4v) is 4.42. The average Bonchev–Trinajstić information content (AvgIpc) is 3.15. The van der Waals surface area contributed by atoms with Gasteiger partial charge >= 0.3 is 5.97 Å². The third-order valence-electron chi connectivity index (χ3n) is 6.09. The molecule has 8 heteroatoms. The summed E-state index contributed by atoms with van der Waals surface area (Å²) in [5, 5.41) is 2.78. The molecule has 0 aliphatic carbocycles. The lowest BCUT2D eigenvalue weighted by Gasteiger charge is -2.20. The summed E-state index contributed by atoms with van der Waals surface area (Å²) >= 11 is 0. The Bertz CT molecular complexity index is 1320. The zero-order chi connectivity index (χ0) is 23.8. The van der Waals surface area contributed by atoms with E-state index in [0.717, 1.165) is 22.6 Å². The molecule has 5 rings (SSSR count). The van der Waals surface area contributed by atoms with Gasteiger partial charge in [-0.1, -0.05) is 0 Å². The smallest absolute Gasteiger partial charge is 0.338 e. The van der Waals surface area contributed by atoms with E-state index in [0.29, 0.717) is 54.4 Å². The number of ether oxygens (including phenoxy) is 3. The third-order valence-corrected chi connectivity index (χ3v) is 6.09. The Morgan fingerprint density at radius 2 is 1.79 bits per heavy atom. The van der Waals surface area contributed by atoms with E-state index in [4.69, 9.17) is 14.2 Å². The first-order valence-corrected chi connectivity index (χ1v) is 11.1. The number of Topliss-reactive ketones (excluding diaryl/α,β-unsaturated/α-hetero) is 1. The standard InChI is InChI=1S/C26H24N2O6/c1-15-11-20(16(2)28(15)19-5-7-23-24(13-19)33-10-9-32-23)22(29)14-34-26(31)18-3-6-21-17(12-18)4-8-25(30)27-21/h3,5-7,11-13H,4,8-10,14H2,1-2H3,(H,27,30). The Hall–Kier alpha value is -4.07. The van der Waals surface area contributed by atoms with Crippen molar-refractivity contribution in [3.05, 3.63) is 70.5 Å². The zero-order valence-corrected chi connectivity index (χ0v) is 19.0. The zero-order valence-electron chi connectivity index (χ0n) is 19.0. The van der Waals surface area contributed by atoms with Crippen LogP contribution >= 0.6 is 0 Å². The van der Waals surface area contributed by atoms with E-state index < -0.39 is 5.97 Å². The molecule has 1 N–H and O–H groups in total. The number of ketones is 1. The van der Waals surface area contributed by atoms with Crippen molar-refractivity contribution in [1.82, 2.24) is 4.57 Å². The lowest BCUT2D eigenvalue weighted by molar-refractivity contribution is -0.116. The molecular weight excluding hydrogens is 436 g/mol. The van der Waals surface area contributed by atoms with Gasteiger partial charge in [-0.05, 0) is 62.2 Å². The van der Waals surface area contributed by atoms with Gasteiger partial charge in [-0.25, -0.2) is 4.79 Å². The van der Waals surface area contributed by atoms with Crippen LogP contribution in [0.4, 0.5) is 5.69 Å². The van der Waals surface area contributed by atoms with E-state index in [2.05, 4.69) is 5.32 Å². The molecule has 1 aromatic heterocycles. The quantitative estimate of drug-likeness (QED) is 0.460. The van der Waals surface area contributed by atoms with Crippen molar-refractivity contribution in [1.29, 1.82) is 0 Å². The molecule has 0 unspecified atom stereocenters. The van der Waals surface area contributed by atoms with Crippen molar-refractivity contribution >= 4 is 23.3 Å². The van der Waals surface area contributed by atoms with Gasteiger partial charge in [0.2, 0.25) is 11.7 Å². The molecular formula is C26H24N2O6. The molecule has 0 fully saturated rings. The second-order valence-electron chi connectivity index (χ2n) is 8.37. The van der Waals surface area contributed by atoms with E-state index in [9.17, 15) is 14.4 Å². The second kappa shape index (κ2) is 8.70. The van der Waals surface area contributed by atoms with Gasteiger partial charge in [0.15, 0.2) is 18.1 Å². The Kier molecular flexibility index (Phi) is 5.57. The molecule has 2 aliphatic heterocycles. The Balaban J connectivity index is 1.30. The number of nitrogens with one attached hydrogen (secondary N) is 1. The maximum absolute atomic E-state index is 12.9. The predicted molar refractivity (Wildman–Crippen MR) is 124 cm³/mol. The number of anilines is 1. The van der Waals surface area contributed by atoms with Gasteiger partial charge in [-0.15, -0.1) is 0 Å². The lowest BCUT2D eigenvalue weighted by Crippen LogP contribution is -2.20. The Morgan fingerprint density at radius 1 is 1.00 bits per heavy atom. The SMILES string of the molecule is Cc1cc(C(=O)COC(=O)c2ccc3c(c2)CCC(=O)N3)c(C)n1-c1ccc2c(c1)OCCO2. The molecule has 0 radical (unpaired) electrons. The van der Waals surface area contributed by atoms with Gasteiger partial charge < -0.3 is 24.1 Å². The topological polar surface area (TPSA) is 95.9 Å². The van der Waals surface area contributed by atoms with Crippen LogP contribution in [0, 0.1) is 13.8 Å². The van der Waals surface area contributed by atoms with Crippen LogP contribution in [-0.2, 0) is 16.0 Å². The van der Waals surface area contributed by atoms with Gasteiger partial charge in [0.25, 0.3) is 0 Å². The molecule has 2 aliphatic rings. The summed E-state index contributed by atoms with van der Waals surface area (Å²) in [4.78, 5) is 37.0. The minimum atomic E-state index is -0.575. The number of aryl methyl sites for hydroxylation is 2. The highest BCUT2D eigenvalue weighted by molar-refractivity contribution is 6.01. The summed E-state index contributed by atoms with van der Waals surface area (Å²) in [7, 11) is 0. The van der Waals surface area contributed by atoms with Gasteiger partial charge in [0.1, 0.15) is 13.2 Å². The van der Waals surface area contributed by atoms with E-state index in [1.807, 2.05) is 36.6 Å². The fourth-order valence-electron chi connectivity index (χ4n) is 4.42. The third kappa shape index (κ3) is 4.03. The molecule has 8 nitrogen and oxygen atoms in total. The molecule has 34 heavy (non-hydrogen) atoms. The Labute approximate surface area is 196 Å². The van der Waals surface area contributed by atoms with Gasteiger partial charge in [-0.3, -0.25) is 9.59 Å². The number of hydrogen-bond donors (Lipinski definition) is 1. The van der Waals surface area contributed by atoms with E-state index in [-0.39, 0.29) is 18.3 Å². The number of nitrogens with zero attached hydrogens (tertiary/aromatic N) is 1. The number of fused-ring (bicyclic) bond motifs is 2. The average molecular weight is 460 g/mol. The molecule has 0 spiro atoms. The first-order chi connectivity index (χ1) is 16.4. The van der Waals surface area contributed by atoms with Crippen LogP contribution in [0.15, 0.2) is 42.5 Å². The summed E-state index contributed by atoms with van der Waals surface area (Å²) in [5.74, 6) is 0.472. The fraction of sp³-hybridized carbons (Fsp3) is 0.269.